The molecule has 2 amide bonds. The molecule has 2 aromatic rings. The van der Waals surface area contributed by atoms with Gasteiger partial charge in [0.05, 0.1) is 0 Å². The van der Waals surface area contributed by atoms with Crippen molar-refractivity contribution in [2.24, 2.45) is 0 Å². The highest BCUT2D eigenvalue weighted by molar-refractivity contribution is 6.06. The van der Waals surface area contributed by atoms with Crippen molar-refractivity contribution in [2.45, 2.75) is 32.7 Å². The summed E-state index contributed by atoms with van der Waals surface area (Å²) in [5, 5.41) is 5.82. The molecule has 23 heavy (non-hydrogen) atoms. The van der Waals surface area contributed by atoms with E-state index in [2.05, 4.69) is 16.7 Å². The molecule has 2 N–H and O–H groups in total. The normalized spacial score (nSPS) is 13.5. The van der Waals surface area contributed by atoms with Gasteiger partial charge in [-0.1, -0.05) is 12.1 Å². The summed E-state index contributed by atoms with van der Waals surface area (Å²) < 4.78 is 0. The maximum atomic E-state index is 12.4. The van der Waals surface area contributed by atoms with Crippen LogP contribution in [0.25, 0.3) is 0 Å². The van der Waals surface area contributed by atoms with Gasteiger partial charge < -0.3 is 10.6 Å². The van der Waals surface area contributed by atoms with Crippen LogP contribution in [0, 0.1) is 13.8 Å². The molecule has 0 aromatic heterocycles. The Balaban J connectivity index is 1.75. The average Bonchev–Trinajstić information content (AvgIpc) is 3.30. The number of anilines is 1. The number of carbonyl (C=O) groups excluding carboxylic acids is 2. The maximum absolute atomic E-state index is 12.4. The van der Waals surface area contributed by atoms with Gasteiger partial charge in [-0.15, -0.1) is 0 Å². The molecule has 3 rings (SSSR count). The SMILES string of the molecule is Cc1cc(C)cc(NC(=O)c2cccc(C(=O)NC3CC3)c2)c1. The largest absolute Gasteiger partial charge is 0.349 e. The van der Waals surface area contributed by atoms with Crippen LogP contribution in [0.3, 0.4) is 0 Å². The first kappa shape index (κ1) is 15.3. The summed E-state index contributed by atoms with van der Waals surface area (Å²) in [4.78, 5) is 24.5. The second-order valence-electron chi connectivity index (χ2n) is 6.16. The molecular weight excluding hydrogens is 288 g/mol. The highest BCUT2D eigenvalue weighted by Crippen LogP contribution is 2.20. The van der Waals surface area contributed by atoms with Crippen molar-refractivity contribution in [2.75, 3.05) is 5.32 Å². The molecule has 0 heterocycles. The second-order valence-corrected chi connectivity index (χ2v) is 6.16. The van der Waals surface area contributed by atoms with Crippen LogP contribution in [0.2, 0.25) is 0 Å². The number of benzene rings is 2. The molecule has 0 bridgehead atoms. The fourth-order valence-corrected chi connectivity index (χ4v) is 2.55. The number of carbonyl (C=O) groups is 2. The van der Waals surface area contributed by atoms with Crippen LogP contribution in [0.15, 0.2) is 42.5 Å². The van der Waals surface area contributed by atoms with E-state index in [0.29, 0.717) is 17.2 Å². The lowest BCUT2D eigenvalue weighted by atomic mass is 10.1. The molecule has 1 saturated carbocycles. The monoisotopic (exact) mass is 308 g/mol. The zero-order valence-electron chi connectivity index (χ0n) is 13.3. The molecule has 0 unspecified atom stereocenters. The lowest BCUT2D eigenvalue weighted by molar-refractivity contribution is 0.0951. The van der Waals surface area contributed by atoms with Crippen LogP contribution in [0.1, 0.15) is 44.7 Å². The number of rotatable bonds is 4. The smallest absolute Gasteiger partial charge is 0.255 e. The zero-order valence-corrected chi connectivity index (χ0v) is 13.3. The van der Waals surface area contributed by atoms with Gasteiger partial charge in [0.2, 0.25) is 0 Å². The molecule has 0 atom stereocenters. The predicted molar refractivity (Wildman–Crippen MR) is 90.8 cm³/mol. The first-order valence-corrected chi connectivity index (χ1v) is 7.82. The fourth-order valence-electron chi connectivity index (χ4n) is 2.55. The third-order valence-corrected chi connectivity index (χ3v) is 3.78. The predicted octanol–water partition coefficient (Wildman–Crippen LogP) is 3.45. The quantitative estimate of drug-likeness (QED) is 0.909. The summed E-state index contributed by atoms with van der Waals surface area (Å²) in [6.07, 6.45) is 2.08. The van der Waals surface area contributed by atoms with Gasteiger partial charge in [0, 0.05) is 22.9 Å². The van der Waals surface area contributed by atoms with Gasteiger partial charge in [-0.2, -0.15) is 0 Å². The summed E-state index contributed by atoms with van der Waals surface area (Å²) in [5.74, 6) is -0.329. The van der Waals surface area contributed by atoms with E-state index in [-0.39, 0.29) is 11.8 Å². The van der Waals surface area contributed by atoms with Gasteiger partial charge in [-0.05, 0) is 68.1 Å². The Bertz CT molecular complexity index is 743. The van der Waals surface area contributed by atoms with Gasteiger partial charge in [-0.25, -0.2) is 0 Å². The lowest BCUT2D eigenvalue weighted by Crippen LogP contribution is -2.25. The Morgan fingerprint density at radius 1 is 0.913 bits per heavy atom. The Hall–Kier alpha value is -2.62. The van der Waals surface area contributed by atoms with Gasteiger partial charge in [0.1, 0.15) is 0 Å². The lowest BCUT2D eigenvalue weighted by Gasteiger charge is -2.09. The van der Waals surface area contributed by atoms with Crippen molar-refractivity contribution < 1.29 is 9.59 Å². The molecular formula is C19H20N2O2. The van der Waals surface area contributed by atoms with Crippen molar-refractivity contribution >= 4 is 17.5 Å². The van der Waals surface area contributed by atoms with E-state index >= 15 is 0 Å². The minimum atomic E-state index is -0.212. The van der Waals surface area contributed by atoms with Crippen molar-refractivity contribution in [3.63, 3.8) is 0 Å². The van der Waals surface area contributed by atoms with Crippen molar-refractivity contribution in [1.29, 1.82) is 0 Å². The highest BCUT2D eigenvalue weighted by Gasteiger charge is 2.24. The van der Waals surface area contributed by atoms with Gasteiger partial charge in [-0.3, -0.25) is 9.59 Å². The van der Waals surface area contributed by atoms with Crippen LogP contribution < -0.4 is 10.6 Å². The highest BCUT2D eigenvalue weighted by atomic mass is 16.2. The molecule has 2 aromatic carbocycles. The summed E-state index contributed by atoms with van der Waals surface area (Å²) in [6.45, 7) is 3.98. The molecule has 0 aliphatic heterocycles. The summed E-state index contributed by atoms with van der Waals surface area (Å²) in [5.41, 5.74) is 3.95. The first-order chi connectivity index (χ1) is 11.0. The topological polar surface area (TPSA) is 58.2 Å². The number of aryl methyl sites for hydroxylation is 2. The summed E-state index contributed by atoms with van der Waals surface area (Å²) in [7, 11) is 0. The van der Waals surface area contributed by atoms with E-state index in [1.165, 1.54) is 0 Å². The van der Waals surface area contributed by atoms with Gasteiger partial charge in [0.15, 0.2) is 0 Å². The molecule has 0 radical (unpaired) electrons. The fraction of sp³-hybridized carbons (Fsp3) is 0.263. The zero-order chi connectivity index (χ0) is 16.4. The van der Waals surface area contributed by atoms with Gasteiger partial charge in [0.25, 0.3) is 11.8 Å². The van der Waals surface area contributed by atoms with E-state index in [1.807, 2.05) is 26.0 Å². The van der Waals surface area contributed by atoms with Crippen LogP contribution >= 0.6 is 0 Å². The van der Waals surface area contributed by atoms with Gasteiger partial charge >= 0.3 is 0 Å². The summed E-state index contributed by atoms with van der Waals surface area (Å²) >= 11 is 0. The Labute approximate surface area is 135 Å². The van der Waals surface area contributed by atoms with Crippen LogP contribution in [-0.2, 0) is 0 Å². The number of hydrogen-bond acceptors (Lipinski definition) is 2. The van der Waals surface area contributed by atoms with Crippen molar-refractivity contribution in [3.05, 3.63) is 64.7 Å². The minimum Gasteiger partial charge on any atom is -0.349 e. The van der Waals surface area contributed by atoms with E-state index in [9.17, 15) is 9.59 Å². The molecule has 0 saturated heterocycles. The maximum Gasteiger partial charge on any atom is 0.255 e. The van der Waals surface area contributed by atoms with E-state index in [1.54, 1.807) is 24.3 Å². The molecule has 1 aliphatic rings. The third kappa shape index (κ3) is 3.97. The molecule has 1 fully saturated rings. The first-order valence-electron chi connectivity index (χ1n) is 7.82. The van der Waals surface area contributed by atoms with E-state index in [4.69, 9.17) is 0 Å². The molecule has 0 spiro atoms. The van der Waals surface area contributed by atoms with Crippen LogP contribution in [0.5, 0.6) is 0 Å². The molecule has 118 valence electrons. The van der Waals surface area contributed by atoms with Crippen molar-refractivity contribution in [1.82, 2.24) is 5.32 Å². The third-order valence-electron chi connectivity index (χ3n) is 3.78. The molecule has 4 heteroatoms. The Kier molecular flexibility index (Phi) is 4.15. The number of amides is 2. The number of hydrogen-bond donors (Lipinski definition) is 2. The average molecular weight is 308 g/mol. The Morgan fingerprint density at radius 2 is 1.52 bits per heavy atom. The molecule has 4 nitrogen and oxygen atoms in total. The molecule has 1 aliphatic carbocycles. The Morgan fingerprint density at radius 3 is 2.13 bits per heavy atom. The van der Waals surface area contributed by atoms with Crippen LogP contribution in [0.4, 0.5) is 5.69 Å². The summed E-state index contributed by atoms with van der Waals surface area (Å²) in [6, 6.07) is 13.0. The van der Waals surface area contributed by atoms with E-state index < -0.39 is 0 Å². The minimum absolute atomic E-state index is 0.117. The standard InChI is InChI=1S/C19H20N2O2/c1-12-8-13(2)10-17(9-12)21-19(23)15-5-3-4-14(11-15)18(22)20-16-6-7-16/h3-5,8-11,16H,6-7H2,1-2H3,(H,20,22)(H,21,23). The van der Waals surface area contributed by atoms with E-state index in [0.717, 1.165) is 29.7 Å². The second kappa shape index (κ2) is 6.24. The van der Waals surface area contributed by atoms with Crippen molar-refractivity contribution in [3.8, 4) is 0 Å². The van der Waals surface area contributed by atoms with Crippen LogP contribution in [-0.4, -0.2) is 17.9 Å². The number of nitrogens with one attached hydrogen (secondary N) is 2.